The molecular weight excluding hydrogens is 333 g/mol. The van der Waals surface area contributed by atoms with Crippen LogP contribution in [0.1, 0.15) is 10.4 Å². The Balaban J connectivity index is 2.84. The lowest BCUT2D eigenvalue weighted by Gasteiger charge is -2.20. The Bertz CT molecular complexity index is 602. The third-order valence-corrected chi connectivity index (χ3v) is 2.38. The van der Waals surface area contributed by atoms with E-state index in [1.165, 1.54) is 0 Å². The smallest absolute Gasteiger partial charge is 0.471 e. The first-order chi connectivity index (χ1) is 10.5. The summed E-state index contributed by atoms with van der Waals surface area (Å²) in [5.41, 5.74) is -0.275. The molecule has 1 aromatic rings. The van der Waals surface area contributed by atoms with Gasteiger partial charge in [-0.05, 0) is 18.2 Å². The highest BCUT2D eigenvalue weighted by Gasteiger charge is 2.42. The molecule has 1 aromatic carbocycles. The molecule has 6 nitrogen and oxygen atoms in total. The topological polar surface area (TPSA) is 84.9 Å². The van der Waals surface area contributed by atoms with Crippen LogP contribution in [-0.2, 0) is 4.79 Å². The van der Waals surface area contributed by atoms with Crippen LogP contribution in [0.25, 0.3) is 0 Å². The number of methoxy groups -OCH3 is 1. The summed E-state index contributed by atoms with van der Waals surface area (Å²) in [5.74, 6) is -4.87. The van der Waals surface area contributed by atoms with Crippen molar-refractivity contribution in [2.75, 3.05) is 13.7 Å². The molecule has 0 spiro atoms. The van der Waals surface area contributed by atoms with Crippen LogP contribution in [0.2, 0.25) is 0 Å². The molecule has 2 N–H and O–H groups in total. The lowest BCUT2D eigenvalue weighted by atomic mass is 10.2. The van der Waals surface area contributed by atoms with E-state index in [-0.39, 0.29) is 11.3 Å². The van der Waals surface area contributed by atoms with Crippen LogP contribution in [0.3, 0.4) is 0 Å². The van der Waals surface area contributed by atoms with Gasteiger partial charge in [-0.1, -0.05) is 0 Å². The predicted molar refractivity (Wildman–Crippen MR) is 64.6 cm³/mol. The summed E-state index contributed by atoms with van der Waals surface area (Å²) >= 11 is 0. The number of ether oxygens (including phenoxy) is 2. The summed E-state index contributed by atoms with van der Waals surface area (Å²) in [6.45, 7) is -1.74. The summed E-state index contributed by atoms with van der Waals surface area (Å²) in [6, 6.07) is 2.67. The van der Waals surface area contributed by atoms with Crippen LogP contribution < -0.4 is 14.8 Å². The zero-order valence-electron chi connectivity index (χ0n) is 11.4. The maximum absolute atomic E-state index is 13.5. The number of halogens is 5. The Labute approximate surface area is 125 Å². The van der Waals surface area contributed by atoms with Crippen LogP contribution in [0.5, 0.6) is 11.5 Å². The fourth-order valence-electron chi connectivity index (χ4n) is 1.37. The number of carbonyl (C=O) groups is 2. The highest BCUT2D eigenvalue weighted by Crippen LogP contribution is 2.32. The van der Waals surface area contributed by atoms with Gasteiger partial charge in [0.05, 0.1) is 12.7 Å². The molecule has 1 amide bonds. The second kappa shape index (κ2) is 6.67. The van der Waals surface area contributed by atoms with E-state index >= 15 is 0 Å². The normalized spacial score (nSPS) is 11.7. The van der Waals surface area contributed by atoms with Crippen molar-refractivity contribution in [1.29, 1.82) is 0 Å². The van der Waals surface area contributed by atoms with E-state index < -0.39 is 36.5 Å². The first kappa shape index (κ1) is 18.5. The Morgan fingerprint density at radius 3 is 2.26 bits per heavy atom. The summed E-state index contributed by atoms with van der Waals surface area (Å²) in [6.07, 6.45) is -9.49. The number of hydrogen-bond donors (Lipinski definition) is 2. The van der Waals surface area contributed by atoms with Crippen molar-refractivity contribution in [2.24, 2.45) is 0 Å². The molecule has 0 bridgehead atoms. The zero-order chi connectivity index (χ0) is 17.8. The molecule has 0 aromatic heterocycles. The summed E-state index contributed by atoms with van der Waals surface area (Å²) in [7, 11) is 1.05. The maximum atomic E-state index is 13.5. The van der Waals surface area contributed by atoms with Crippen LogP contribution in [0.15, 0.2) is 18.2 Å². The zero-order valence-corrected chi connectivity index (χ0v) is 11.4. The lowest BCUT2D eigenvalue weighted by Crippen LogP contribution is -2.45. The molecular formula is C12H10F5NO5. The largest absolute Gasteiger partial charge is 0.493 e. The van der Waals surface area contributed by atoms with Crippen molar-refractivity contribution in [3.05, 3.63) is 23.8 Å². The number of rotatable bonds is 6. The van der Waals surface area contributed by atoms with Gasteiger partial charge in [0.1, 0.15) is 6.54 Å². The molecule has 1 rings (SSSR count). The van der Waals surface area contributed by atoms with E-state index in [9.17, 15) is 31.5 Å². The quantitative estimate of drug-likeness (QED) is 0.772. The van der Waals surface area contributed by atoms with Gasteiger partial charge in [-0.15, -0.1) is 0 Å². The van der Waals surface area contributed by atoms with Gasteiger partial charge in [0.25, 0.3) is 0 Å². The van der Waals surface area contributed by atoms with Gasteiger partial charge in [-0.3, -0.25) is 4.79 Å². The third-order valence-electron chi connectivity index (χ3n) is 2.38. The molecule has 11 heteroatoms. The number of carboxylic acid groups (broad SMARTS) is 1. The second-order valence-electron chi connectivity index (χ2n) is 4.09. The fourth-order valence-corrected chi connectivity index (χ4v) is 1.37. The number of carboxylic acids is 1. The fraction of sp³-hybridized carbons (Fsp3) is 0.333. The number of amides is 1. The van der Waals surface area contributed by atoms with Gasteiger partial charge in [-0.2, -0.15) is 22.0 Å². The standard InChI is InChI=1S/C12H10F5NO5/c1-22-8-4-6(9(19)20)2-3-7(8)23-11(13,14)5-18-10(21)12(15,16)17/h2-4H,5H2,1H3,(H,18,21)(H,19,20). The number of benzene rings is 1. The first-order valence-corrected chi connectivity index (χ1v) is 5.79. The molecule has 0 saturated carbocycles. The third kappa shape index (κ3) is 5.27. The van der Waals surface area contributed by atoms with Crippen molar-refractivity contribution >= 4 is 11.9 Å². The van der Waals surface area contributed by atoms with Crippen LogP contribution in [0.4, 0.5) is 22.0 Å². The van der Waals surface area contributed by atoms with Gasteiger partial charge in [0.2, 0.25) is 0 Å². The number of carbonyl (C=O) groups excluding carboxylic acids is 1. The van der Waals surface area contributed by atoms with Crippen molar-refractivity contribution < 1.29 is 46.1 Å². The van der Waals surface area contributed by atoms with Gasteiger partial charge < -0.3 is 19.9 Å². The minimum atomic E-state index is -5.31. The lowest BCUT2D eigenvalue weighted by molar-refractivity contribution is -0.189. The van der Waals surface area contributed by atoms with Gasteiger partial charge in [0.15, 0.2) is 11.5 Å². The number of nitrogens with one attached hydrogen (secondary N) is 1. The van der Waals surface area contributed by atoms with E-state index in [1.807, 2.05) is 0 Å². The highest BCUT2D eigenvalue weighted by atomic mass is 19.4. The minimum absolute atomic E-state index is 0.275. The van der Waals surface area contributed by atoms with E-state index in [0.717, 1.165) is 30.6 Å². The maximum Gasteiger partial charge on any atom is 0.471 e. The average Bonchev–Trinajstić information content (AvgIpc) is 2.43. The first-order valence-electron chi connectivity index (χ1n) is 5.79. The molecule has 128 valence electrons. The predicted octanol–water partition coefficient (Wildman–Crippen LogP) is 2.04. The van der Waals surface area contributed by atoms with E-state index in [1.54, 1.807) is 0 Å². The number of hydrogen-bond acceptors (Lipinski definition) is 4. The molecule has 23 heavy (non-hydrogen) atoms. The summed E-state index contributed by atoms with van der Waals surface area (Å²) in [5, 5.41) is 9.73. The molecule has 0 heterocycles. The molecule has 0 aliphatic rings. The number of alkyl halides is 5. The van der Waals surface area contributed by atoms with Gasteiger partial charge >= 0.3 is 24.2 Å². The van der Waals surface area contributed by atoms with Crippen LogP contribution in [-0.4, -0.2) is 42.9 Å². The van der Waals surface area contributed by atoms with Crippen LogP contribution in [0, 0.1) is 0 Å². The molecule has 0 saturated heterocycles. The van der Waals surface area contributed by atoms with E-state index in [4.69, 9.17) is 5.11 Å². The summed E-state index contributed by atoms with van der Waals surface area (Å²) < 4.78 is 71.5. The van der Waals surface area contributed by atoms with Gasteiger partial charge in [0, 0.05) is 0 Å². The minimum Gasteiger partial charge on any atom is -0.493 e. The Morgan fingerprint density at radius 2 is 1.78 bits per heavy atom. The molecule has 0 unspecified atom stereocenters. The highest BCUT2D eigenvalue weighted by molar-refractivity contribution is 5.88. The average molecular weight is 343 g/mol. The summed E-state index contributed by atoms with van der Waals surface area (Å²) in [4.78, 5) is 21.2. The Kier molecular flexibility index (Phi) is 5.35. The molecule has 0 aliphatic carbocycles. The second-order valence-corrected chi connectivity index (χ2v) is 4.09. The molecule has 0 fully saturated rings. The number of aromatic carboxylic acids is 1. The van der Waals surface area contributed by atoms with Crippen molar-refractivity contribution in [1.82, 2.24) is 5.32 Å². The Morgan fingerprint density at radius 1 is 1.17 bits per heavy atom. The van der Waals surface area contributed by atoms with Crippen molar-refractivity contribution in [3.8, 4) is 11.5 Å². The molecule has 0 radical (unpaired) electrons. The van der Waals surface area contributed by atoms with E-state index in [0.29, 0.717) is 0 Å². The van der Waals surface area contributed by atoms with Crippen LogP contribution >= 0.6 is 0 Å². The van der Waals surface area contributed by atoms with Crippen molar-refractivity contribution in [2.45, 2.75) is 12.3 Å². The Hall–Kier alpha value is -2.59. The SMILES string of the molecule is COc1cc(C(=O)O)ccc1OC(F)(F)CNC(=O)C(F)(F)F. The van der Waals surface area contributed by atoms with E-state index in [2.05, 4.69) is 9.47 Å². The van der Waals surface area contributed by atoms with Gasteiger partial charge in [-0.25, -0.2) is 4.79 Å². The molecule has 0 aliphatic heterocycles. The van der Waals surface area contributed by atoms with Crippen molar-refractivity contribution in [3.63, 3.8) is 0 Å². The monoisotopic (exact) mass is 343 g/mol. The molecule has 0 atom stereocenters.